The highest BCUT2D eigenvalue weighted by atomic mass is 32.1. The maximum atomic E-state index is 13.6. The van der Waals surface area contributed by atoms with Gasteiger partial charge in [0.05, 0.1) is 30.7 Å². The molecule has 4 aromatic rings. The maximum Gasteiger partial charge on any atom is 0.280 e. The summed E-state index contributed by atoms with van der Waals surface area (Å²) < 4.78 is 5.57. The molecule has 8 heteroatoms. The summed E-state index contributed by atoms with van der Waals surface area (Å²) in [4.78, 5) is 24.3. The fourth-order valence-corrected chi connectivity index (χ4v) is 4.81. The minimum absolute atomic E-state index is 0.173. The summed E-state index contributed by atoms with van der Waals surface area (Å²) in [7, 11) is 1.59. The lowest BCUT2D eigenvalue weighted by molar-refractivity contribution is 0.0988. The van der Waals surface area contributed by atoms with E-state index in [9.17, 15) is 4.79 Å². The van der Waals surface area contributed by atoms with Crippen LogP contribution in [0.3, 0.4) is 0 Å². The van der Waals surface area contributed by atoms with E-state index < -0.39 is 6.04 Å². The number of methoxy groups -OCH3 is 1. The number of ether oxygens (including phenoxy) is 1. The van der Waals surface area contributed by atoms with E-state index in [0.717, 1.165) is 28.1 Å². The van der Waals surface area contributed by atoms with Crippen molar-refractivity contribution in [3.8, 4) is 17.1 Å². The Morgan fingerprint density at radius 3 is 2.66 bits per heavy atom. The van der Waals surface area contributed by atoms with E-state index in [1.165, 1.54) is 0 Å². The van der Waals surface area contributed by atoms with Crippen molar-refractivity contribution < 1.29 is 9.53 Å². The molecule has 1 atom stereocenters. The average Bonchev–Trinajstić information content (AvgIpc) is 3.51. The fourth-order valence-electron chi connectivity index (χ4n) is 4.16. The summed E-state index contributed by atoms with van der Waals surface area (Å²) in [5.41, 5.74) is 5.39. The first kappa shape index (κ1) is 20.4. The van der Waals surface area contributed by atoms with Crippen LogP contribution in [0.2, 0.25) is 0 Å². The summed E-state index contributed by atoms with van der Waals surface area (Å²) in [6.45, 7) is 6.30. The number of carbonyl (C=O) groups excluding carboxylic acids is 1. The molecule has 0 fully saturated rings. The highest BCUT2D eigenvalue weighted by Gasteiger charge is 2.46. The molecule has 0 aliphatic carbocycles. The molecular formula is C24H23N5O2S. The van der Waals surface area contributed by atoms with Gasteiger partial charge in [0.2, 0.25) is 5.88 Å². The standard InChI is InChI=1S/C24H23N5O2S/c1-24(2,3)21-18-19(27-28-21)23(30)29(20(18)16-6-5-10-25-22(16)31-4)15-7-8-17(26-12-15)14-9-11-32-13-14/h5-13,20H,1-4H3,(H,27,28). The smallest absolute Gasteiger partial charge is 0.280 e. The molecule has 1 aliphatic heterocycles. The van der Waals surface area contributed by atoms with Gasteiger partial charge < -0.3 is 4.74 Å². The molecule has 0 saturated carbocycles. The van der Waals surface area contributed by atoms with Crippen LogP contribution in [0, 0.1) is 0 Å². The molecule has 7 nitrogen and oxygen atoms in total. The Morgan fingerprint density at radius 1 is 1.16 bits per heavy atom. The Kier molecular flexibility index (Phi) is 4.82. The molecule has 4 aromatic heterocycles. The number of hydrogen-bond acceptors (Lipinski definition) is 6. The topological polar surface area (TPSA) is 84.0 Å². The van der Waals surface area contributed by atoms with Crippen molar-refractivity contribution in [2.45, 2.75) is 32.2 Å². The molecule has 162 valence electrons. The number of hydrogen-bond donors (Lipinski definition) is 1. The summed E-state index contributed by atoms with van der Waals surface area (Å²) in [6.07, 6.45) is 3.43. The number of nitrogens with zero attached hydrogens (tertiary/aromatic N) is 4. The number of fused-ring (bicyclic) bond motifs is 1. The third-order valence-electron chi connectivity index (χ3n) is 5.64. The number of anilines is 1. The molecule has 0 aromatic carbocycles. The number of rotatable bonds is 4. The Balaban J connectivity index is 1.68. The van der Waals surface area contributed by atoms with Crippen molar-refractivity contribution in [1.82, 2.24) is 20.2 Å². The molecule has 32 heavy (non-hydrogen) atoms. The molecule has 1 aliphatic rings. The van der Waals surface area contributed by atoms with Crippen molar-refractivity contribution in [3.63, 3.8) is 0 Å². The predicted molar refractivity (Wildman–Crippen MR) is 124 cm³/mol. The van der Waals surface area contributed by atoms with Crippen LogP contribution in [-0.4, -0.2) is 33.2 Å². The van der Waals surface area contributed by atoms with E-state index in [2.05, 4.69) is 46.3 Å². The van der Waals surface area contributed by atoms with E-state index in [4.69, 9.17) is 4.74 Å². The summed E-state index contributed by atoms with van der Waals surface area (Å²) >= 11 is 1.63. The Hall–Kier alpha value is -3.52. The number of H-pyrrole nitrogens is 1. The molecule has 0 bridgehead atoms. The molecule has 5 rings (SSSR count). The number of aromatic nitrogens is 4. The molecule has 1 amide bonds. The van der Waals surface area contributed by atoms with Gasteiger partial charge in [0.1, 0.15) is 0 Å². The molecule has 1 unspecified atom stereocenters. The largest absolute Gasteiger partial charge is 0.481 e. The van der Waals surface area contributed by atoms with Gasteiger partial charge in [0, 0.05) is 39.4 Å². The van der Waals surface area contributed by atoms with Gasteiger partial charge in [0.15, 0.2) is 5.69 Å². The first-order chi connectivity index (χ1) is 15.4. The molecular weight excluding hydrogens is 422 g/mol. The monoisotopic (exact) mass is 445 g/mol. The summed E-state index contributed by atoms with van der Waals surface area (Å²) in [5, 5.41) is 11.6. The highest BCUT2D eigenvalue weighted by molar-refractivity contribution is 7.08. The van der Waals surface area contributed by atoms with Crippen molar-refractivity contribution in [2.24, 2.45) is 0 Å². The van der Waals surface area contributed by atoms with Gasteiger partial charge in [-0.25, -0.2) is 4.98 Å². The van der Waals surface area contributed by atoms with Crippen LogP contribution in [0.1, 0.15) is 54.1 Å². The van der Waals surface area contributed by atoms with Crippen molar-refractivity contribution in [1.29, 1.82) is 0 Å². The Bertz CT molecular complexity index is 1270. The van der Waals surface area contributed by atoms with Crippen LogP contribution in [-0.2, 0) is 5.41 Å². The number of thiophene rings is 1. The average molecular weight is 446 g/mol. The van der Waals surface area contributed by atoms with E-state index in [0.29, 0.717) is 17.3 Å². The van der Waals surface area contributed by atoms with E-state index in [1.54, 1.807) is 35.7 Å². The zero-order chi connectivity index (χ0) is 22.5. The predicted octanol–water partition coefficient (Wildman–Crippen LogP) is 4.98. The van der Waals surface area contributed by atoms with Gasteiger partial charge in [-0.05, 0) is 35.7 Å². The molecule has 0 spiro atoms. The third-order valence-corrected chi connectivity index (χ3v) is 6.32. The van der Waals surface area contributed by atoms with Crippen LogP contribution in [0.15, 0.2) is 53.5 Å². The lowest BCUT2D eigenvalue weighted by atomic mass is 9.86. The van der Waals surface area contributed by atoms with Crippen molar-refractivity contribution in [3.05, 3.63) is 76.0 Å². The highest BCUT2D eigenvalue weighted by Crippen LogP contribution is 2.46. The SMILES string of the molecule is COc1ncccc1C1c2c(n[nH]c2C(C)(C)C)C(=O)N1c1ccc(-c2ccsc2)nc1. The van der Waals surface area contributed by atoms with Gasteiger partial charge in [-0.3, -0.25) is 19.8 Å². The Labute approximate surface area is 190 Å². The van der Waals surface area contributed by atoms with Gasteiger partial charge in [-0.2, -0.15) is 16.4 Å². The molecule has 1 N–H and O–H groups in total. The summed E-state index contributed by atoms with van der Waals surface area (Å²) in [5.74, 6) is 0.305. The van der Waals surface area contributed by atoms with Gasteiger partial charge in [0.25, 0.3) is 5.91 Å². The third kappa shape index (κ3) is 3.18. The fraction of sp³-hybridized carbons (Fsp3) is 0.250. The lowest BCUT2D eigenvalue weighted by Gasteiger charge is -2.28. The number of carbonyl (C=O) groups is 1. The van der Waals surface area contributed by atoms with Crippen LogP contribution in [0.5, 0.6) is 5.88 Å². The van der Waals surface area contributed by atoms with Crippen molar-refractivity contribution >= 4 is 22.9 Å². The molecule has 5 heterocycles. The normalized spacial score (nSPS) is 15.8. The lowest BCUT2D eigenvalue weighted by Crippen LogP contribution is -2.30. The summed E-state index contributed by atoms with van der Waals surface area (Å²) in [6, 6.07) is 9.27. The Morgan fingerprint density at radius 2 is 2.00 bits per heavy atom. The molecule has 0 radical (unpaired) electrons. The van der Waals surface area contributed by atoms with Gasteiger partial charge in [-0.1, -0.05) is 20.8 Å². The van der Waals surface area contributed by atoms with Crippen molar-refractivity contribution in [2.75, 3.05) is 12.0 Å². The second-order valence-corrected chi connectivity index (χ2v) is 9.48. The zero-order valence-corrected chi connectivity index (χ0v) is 19.1. The van der Waals surface area contributed by atoms with Gasteiger partial charge >= 0.3 is 0 Å². The van der Waals surface area contributed by atoms with Crippen LogP contribution in [0.4, 0.5) is 5.69 Å². The maximum absolute atomic E-state index is 13.6. The van der Waals surface area contributed by atoms with Crippen LogP contribution >= 0.6 is 11.3 Å². The van der Waals surface area contributed by atoms with E-state index >= 15 is 0 Å². The first-order valence-electron chi connectivity index (χ1n) is 10.3. The van der Waals surface area contributed by atoms with Crippen LogP contribution < -0.4 is 9.64 Å². The number of pyridine rings is 2. The first-order valence-corrected chi connectivity index (χ1v) is 11.2. The molecule has 0 saturated heterocycles. The number of amides is 1. The zero-order valence-electron chi connectivity index (χ0n) is 18.3. The van der Waals surface area contributed by atoms with E-state index in [-0.39, 0.29) is 11.3 Å². The number of nitrogens with one attached hydrogen (secondary N) is 1. The minimum atomic E-state index is -0.428. The second-order valence-electron chi connectivity index (χ2n) is 8.70. The quantitative estimate of drug-likeness (QED) is 0.479. The number of aromatic amines is 1. The minimum Gasteiger partial charge on any atom is -0.481 e. The second kappa shape index (κ2) is 7.56. The van der Waals surface area contributed by atoms with Gasteiger partial charge in [-0.15, -0.1) is 0 Å². The van der Waals surface area contributed by atoms with Crippen LogP contribution in [0.25, 0.3) is 11.3 Å². The van der Waals surface area contributed by atoms with E-state index in [1.807, 2.05) is 35.7 Å².